The lowest BCUT2D eigenvalue weighted by molar-refractivity contribution is -0.139. The van der Waals surface area contributed by atoms with Crippen LogP contribution < -0.4 is 4.74 Å². The smallest absolute Gasteiger partial charge is 0.261 e. The Bertz CT molecular complexity index is 755. The first-order valence-electron chi connectivity index (χ1n) is 8.29. The van der Waals surface area contributed by atoms with Gasteiger partial charge in [0.2, 0.25) is 0 Å². The summed E-state index contributed by atoms with van der Waals surface area (Å²) < 4.78 is 11.0. The fraction of sp³-hybridized carbons (Fsp3) is 0.300. The Morgan fingerprint density at radius 1 is 1.20 bits per heavy atom. The molecule has 5 nitrogen and oxygen atoms in total. The van der Waals surface area contributed by atoms with Crippen LogP contribution in [0.4, 0.5) is 0 Å². The van der Waals surface area contributed by atoms with Crippen LogP contribution in [0.3, 0.4) is 0 Å². The molecule has 2 aromatic carbocycles. The minimum atomic E-state index is -0.538. The van der Waals surface area contributed by atoms with Gasteiger partial charge in [0.15, 0.2) is 6.61 Å². The van der Waals surface area contributed by atoms with Crippen LogP contribution >= 0.6 is 0 Å². The summed E-state index contributed by atoms with van der Waals surface area (Å²) in [5.74, 6) is 0.505. The normalized spacial score (nSPS) is 16.9. The number of hydrogen-bond donors (Lipinski definition) is 0. The number of hydrogen-bond acceptors (Lipinski definition) is 4. The molecule has 3 rings (SSSR count). The lowest BCUT2D eigenvalue weighted by Crippen LogP contribution is -2.49. The Morgan fingerprint density at radius 2 is 1.96 bits per heavy atom. The van der Waals surface area contributed by atoms with Gasteiger partial charge < -0.3 is 14.4 Å². The molecule has 0 radical (unpaired) electrons. The van der Waals surface area contributed by atoms with E-state index in [1.165, 1.54) is 10.5 Å². The number of ether oxygens (including phenoxy) is 2. The third kappa shape index (κ3) is 4.37. The van der Waals surface area contributed by atoms with Gasteiger partial charge in [0.05, 0.1) is 19.3 Å². The largest absolute Gasteiger partial charge is 0.483 e. The summed E-state index contributed by atoms with van der Waals surface area (Å²) in [5, 5.41) is 9.14. The quantitative estimate of drug-likeness (QED) is 0.841. The summed E-state index contributed by atoms with van der Waals surface area (Å²) in [6.45, 7) is 1.05. The molecule has 0 saturated carbocycles. The van der Waals surface area contributed by atoms with E-state index >= 15 is 0 Å². The maximum Gasteiger partial charge on any atom is 0.261 e. The molecule has 0 N–H and O–H groups in total. The molecule has 25 heavy (non-hydrogen) atoms. The molecule has 5 heteroatoms. The van der Waals surface area contributed by atoms with E-state index in [9.17, 15) is 4.79 Å². The molecular formula is C20H20N2O3. The van der Waals surface area contributed by atoms with Gasteiger partial charge in [0, 0.05) is 13.0 Å². The van der Waals surface area contributed by atoms with Crippen LogP contribution in [-0.4, -0.2) is 43.2 Å². The highest BCUT2D eigenvalue weighted by molar-refractivity contribution is 5.78. The molecule has 1 heterocycles. The lowest BCUT2D eigenvalue weighted by Gasteiger charge is -2.31. The summed E-state index contributed by atoms with van der Waals surface area (Å²) in [6, 6.07) is 19.4. The van der Waals surface area contributed by atoms with Crippen molar-refractivity contribution in [2.24, 2.45) is 0 Å². The molecule has 128 valence electrons. The van der Waals surface area contributed by atoms with Gasteiger partial charge in [-0.05, 0) is 17.2 Å². The Kier molecular flexibility index (Phi) is 5.65. The van der Waals surface area contributed by atoms with Gasteiger partial charge in [-0.1, -0.05) is 48.5 Å². The number of amides is 1. The number of nitriles is 1. The highest BCUT2D eigenvalue weighted by atomic mass is 16.5. The lowest BCUT2D eigenvalue weighted by atomic mass is 10.0. The molecule has 1 amide bonds. The topological polar surface area (TPSA) is 62.6 Å². The zero-order chi connectivity index (χ0) is 17.5. The van der Waals surface area contributed by atoms with Crippen LogP contribution in [0.25, 0.3) is 0 Å². The number of morpholine rings is 1. The van der Waals surface area contributed by atoms with E-state index in [2.05, 4.69) is 18.2 Å². The average Bonchev–Trinajstić information content (AvgIpc) is 2.68. The van der Waals surface area contributed by atoms with Crippen LogP contribution in [-0.2, 0) is 16.0 Å². The van der Waals surface area contributed by atoms with Crippen molar-refractivity contribution in [1.82, 2.24) is 4.90 Å². The van der Waals surface area contributed by atoms with Crippen LogP contribution in [0.15, 0.2) is 54.6 Å². The van der Waals surface area contributed by atoms with E-state index in [1.807, 2.05) is 42.5 Å². The van der Waals surface area contributed by atoms with E-state index in [1.54, 1.807) is 0 Å². The fourth-order valence-electron chi connectivity index (χ4n) is 2.84. The highest BCUT2D eigenvalue weighted by Crippen LogP contribution is 2.21. The molecule has 1 unspecified atom stereocenters. The first-order chi connectivity index (χ1) is 12.3. The van der Waals surface area contributed by atoms with Crippen molar-refractivity contribution < 1.29 is 14.3 Å². The molecule has 0 aromatic heterocycles. The molecule has 0 spiro atoms. The minimum Gasteiger partial charge on any atom is -0.483 e. The second-order valence-corrected chi connectivity index (χ2v) is 5.87. The van der Waals surface area contributed by atoms with Crippen molar-refractivity contribution >= 4 is 5.91 Å². The Morgan fingerprint density at radius 3 is 2.76 bits per heavy atom. The molecule has 0 aliphatic carbocycles. The Hall–Kier alpha value is -2.84. The monoisotopic (exact) mass is 336 g/mol. The summed E-state index contributed by atoms with van der Waals surface area (Å²) in [6.07, 6.45) is 0.740. The van der Waals surface area contributed by atoms with E-state index in [0.29, 0.717) is 18.9 Å². The van der Waals surface area contributed by atoms with Crippen molar-refractivity contribution in [3.8, 4) is 11.8 Å². The van der Waals surface area contributed by atoms with E-state index < -0.39 is 6.04 Å². The minimum absolute atomic E-state index is 0.0794. The maximum atomic E-state index is 12.4. The van der Waals surface area contributed by atoms with Crippen LogP contribution in [0.2, 0.25) is 0 Å². The summed E-state index contributed by atoms with van der Waals surface area (Å²) in [5.41, 5.74) is 2.21. The van der Waals surface area contributed by atoms with Crippen molar-refractivity contribution in [3.63, 3.8) is 0 Å². The molecule has 1 aliphatic heterocycles. The molecule has 2 aromatic rings. The number of benzene rings is 2. The van der Waals surface area contributed by atoms with Crippen molar-refractivity contribution in [1.29, 1.82) is 5.26 Å². The molecule has 1 fully saturated rings. The Balaban J connectivity index is 1.65. The predicted octanol–water partition coefficient (Wildman–Crippen LogP) is 2.41. The summed E-state index contributed by atoms with van der Waals surface area (Å²) >= 11 is 0. The number of para-hydroxylation sites is 1. The first kappa shape index (κ1) is 17.0. The zero-order valence-corrected chi connectivity index (χ0v) is 13.9. The van der Waals surface area contributed by atoms with E-state index in [4.69, 9.17) is 14.7 Å². The van der Waals surface area contributed by atoms with Gasteiger partial charge in [0.25, 0.3) is 5.91 Å². The summed E-state index contributed by atoms with van der Waals surface area (Å²) in [4.78, 5) is 13.9. The number of nitrogens with zero attached hydrogens (tertiary/aromatic N) is 2. The van der Waals surface area contributed by atoms with Gasteiger partial charge in [-0.15, -0.1) is 0 Å². The SMILES string of the molecule is N#CC1COCCN1C(=O)COc1ccccc1Cc1ccccc1. The predicted molar refractivity (Wildman–Crippen MR) is 93.1 cm³/mol. The molecule has 1 aliphatic rings. The molecule has 1 saturated heterocycles. The van der Waals surface area contributed by atoms with Gasteiger partial charge >= 0.3 is 0 Å². The van der Waals surface area contributed by atoms with Crippen LogP contribution in [0, 0.1) is 11.3 Å². The second kappa shape index (κ2) is 8.32. The number of carbonyl (C=O) groups excluding carboxylic acids is 1. The van der Waals surface area contributed by atoms with Gasteiger partial charge in [-0.3, -0.25) is 4.79 Å². The van der Waals surface area contributed by atoms with Gasteiger partial charge in [-0.25, -0.2) is 0 Å². The molecular weight excluding hydrogens is 316 g/mol. The van der Waals surface area contributed by atoms with Crippen molar-refractivity contribution in [3.05, 3.63) is 65.7 Å². The Labute approximate surface area is 147 Å². The standard InChI is InChI=1S/C20H20N2O3/c21-13-18-14-24-11-10-22(18)20(23)15-25-19-9-5-4-8-17(19)12-16-6-2-1-3-7-16/h1-9,18H,10-12,14-15H2. The maximum absolute atomic E-state index is 12.4. The third-order valence-corrected chi connectivity index (χ3v) is 4.16. The summed E-state index contributed by atoms with van der Waals surface area (Å²) in [7, 11) is 0. The first-order valence-corrected chi connectivity index (χ1v) is 8.29. The number of rotatable bonds is 5. The van der Waals surface area contributed by atoms with Gasteiger partial charge in [0.1, 0.15) is 11.8 Å². The highest BCUT2D eigenvalue weighted by Gasteiger charge is 2.27. The number of carbonyl (C=O) groups is 1. The zero-order valence-electron chi connectivity index (χ0n) is 13.9. The van der Waals surface area contributed by atoms with Crippen LogP contribution in [0.1, 0.15) is 11.1 Å². The second-order valence-electron chi connectivity index (χ2n) is 5.87. The van der Waals surface area contributed by atoms with E-state index in [0.717, 1.165) is 12.0 Å². The van der Waals surface area contributed by atoms with Gasteiger partial charge in [-0.2, -0.15) is 5.26 Å². The van der Waals surface area contributed by atoms with Crippen molar-refractivity contribution in [2.45, 2.75) is 12.5 Å². The molecule has 1 atom stereocenters. The average molecular weight is 336 g/mol. The van der Waals surface area contributed by atoms with E-state index in [-0.39, 0.29) is 19.1 Å². The fourth-order valence-corrected chi connectivity index (χ4v) is 2.84. The van der Waals surface area contributed by atoms with Crippen molar-refractivity contribution in [2.75, 3.05) is 26.4 Å². The third-order valence-electron chi connectivity index (χ3n) is 4.16. The molecule has 0 bridgehead atoms. The van der Waals surface area contributed by atoms with Crippen LogP contribution in [0.5, 0.6) is 5.75 Å².